The number of nitriles is 1. The number of aromatic nitrogens is 1. The number of rotatable bonds is 0. The number of aryl methyl sites for hydroxylation is 1. The summed E-state index contributed by atoms with van der Waals surface area (Å²) in [4.78, 5) is 0. The number of pyridine rings is 1. The Morgan fingerprint density at radius 3 is 2.70 bits per heavy atom. The van der Waals surface area contributed by atoms with E-state index in [-0.39, 0.29) is 24.0 Å². The Labute approximate surface area is 77.1 Å². The van der Waals surface area contributed by atoms with Crippen LogP contribution >= 0.6 is 0 Å². The lowest BCUT2D eigenvalue weighted by Crippen LogP contribution is -3.00. The predicted octanol–water partition coefficient (Wildman–Crippen LogP) is -2.61. The van der Waals surface area contributed by atoms with Gasteiger partial charge in [-0.2, -0.15) is 5.26 Å². The molecular formula is C7H7IN2. The Balaban J connectivity index is 0.000000810. The molecule has 0 aliphatic rings. The highest BCUT2D eigenvalue weighted by molar-refractivity contribution is 5.21. The van der Waals surface area contributed by atoms with E-state index in [9.17, 15) is 0 Å². The lowest BCUT2D eigenvalue weighted by atomic mass is 10.3. The molecule has 0 saturated heterocycles. The monoisotopic (exact) mass is 246 g/mol. The Hall–Kier alpha value is -0.630. The molecule has 0 aromatic carbocycles. The Bertz CT molecular complexity index is 252. The van der Waals surface area contributed by atoms with Crippen molar-refractivity contribution in [2.24, 2.45) is 7.05 Å². The van der Waals surface area contributed by atoms with Gasteiger partial charge in [0.2, 0.25) is 0 Å². The maximum atomic E-state index is 8.40. The second kappa shape index (κ2) is 4.23. The van der Waals surface area contributed by atoms with E-state index < -0.39 is 0 Å². The molecule has 1 rings (SSSR count). The van der Waals surface area contributed by atoms with Gasteiger partial charge >= 0.3 is 0 Å². The molecule has 0 saturated carbocycles. The van der Waals surface area contributed by atoms with Gasteiger partial charge in [-0.15, -0.1) is 0 Å². The van der Waals surface area contributed by atoms with E-state index in [1.165, 1.54) is 0 Å². The molecule has 1 aromatic rings. The third kappa shape index (κ3) is 2.31. The topological polar surface area (TPSA) is 27.7 Å². The quantitative estimate of drug-likeness (QED) is 0.364. The Morgan fingerprint density at radius 2 is 2.30 bits per heavy atom. The van der Waals surface area contributed by atoms with Gasteiger partial charge in [0.1, 0.15) is 18.7 Å². The summed E-state index contributed by atoms with van der Waals surface area (Å²) in [5.41, 5.74) is 0.694. The van der Waals surface area contributed by atoms with E-state index in [1.807, 2.05) is 29.9 Å². The van der Waals surface area contributed by atoms with Gasteiger partial charge in [0.15, 0.2) is 12.4 Å². The molecule has 1 heterocycles. The average molecular weight is 246 g/mol. The summed E-state index contributed by atoms with van der Waals surface area (Å²) in [7, 11) is 1.89. The lowest BCUT2D eigenvalue weighted by Gasteiger charge is -1.83. The van der Waals surface area contributed by atoms with Crippen molar-refractivity contribution >= 4 is 0 Å². The summed E-state index contributed by atoms with van der Waals surface area (Å²) in [6, 6.07) is 5.67. The van der Waals surface area contributed by atoms with Gasteiger partial charge in [-0.05, 0) is 6.07 Å². The van der Waals surface area contributed by atoms with Crippen molar-refractivity contribution in [2.75, 3.05) is 0 Å². The molecule has 0 aliphatic carbocycles. The van der Waals surface area contributed by atoms with Gasteiger partial charge in [-0.25, -0.2) is 4.57 Å². The summed E-state index contributed by atoms with van der Waals surface area (Å²) in [5, 5.41) is 8.40. The third-order valence-electron chi connectivity index (χ3n) is 1.07. The zero-order chi connectivity index (χ0) is 6.69. The highest BCUT2D eigenvalue weighted by Crippen LogP contribution is 1.87. The summed E-state index contributed by atoms with van der Waals surface area (Å²) in [6.07, 6.45) is 3.67. The number of halogens is 1. The summed E-state index contributed by atoms with van der Waals surface area (Å²) in [5.74, 6) is 0. The minimum absolute atomic E-state index is 0. The molecule has 10 heavy (non-hydrogen) atoms. The zero-order valence-electron chi connectivity index (χ0n) is 5.58. The molecule has 52 valence electrons. The zero-order valence-corrected chi connectivity index (χ0v) is 7.74. The lowest BCUT2D eigenvalue weighted by molar-refractivity contribution is -0.671. The van der Waals surface area contributed by atoms with E-state index >= 15 is 0 Å². The maximum absolute atomic E-state index is 8.40. The molecule has 1 aromatic heterocycles. The molecule has 0 unspecified atom stereocenters. The van der Waals surface area contributed by atoms with Crippen LogP contribution in [0.25, 0.3) is 0 Å². The van der Waals surface area contributed by atoms with Crippen LogP contribution in [-0.2, 0) is 7.05 Å². The van der Waals surface area contributed by atoms with Crippen molar-refractivity contribution in [3.8, 4) is 6.07 Å². The molecule has 0 bridgehead atoms. The van der Waals surface area contributed by atoms with Crippen molar-refractivity contribution in [1.29, 1.82) is 5.26 Å². The van der Waals surface area contributed by atoms with Crippen molar-refractivity contribution in [2.45, 2.75) is 0 Å². The first kappa shape index (κ1) is 9.37. The van der Waals surface area contributed by atoms with Crippen LogP contribution in [0.5, 0.6) is 0 Å². The van der Waals surface area contributed by atoms with Gasteiger partial charge in [-0.3, -0.25) is 0 Å². The summed E-state index contributed by atoms with van der Waals surface area (Å²) in [6.45, 7) is 0. The van der Waals surface area contributed by atoms with Gasteiger partial charge in [0.25, 0.3) is 0 Å². The molecule has 0 fully saturated rings. The van der Waals surface area contributed by atoms with Crippen molar-refractivity contribution < 1.29 is 28.5 Å². The standard InChI is InChI=1S/C7H7N2.HI/c1-9-4-2-3-7(5-8)6-9;/h2-4,6H,1H3;1H/q+1;/p-1. The van der Waals surface area contributed by atoms with E-state index in [4.69, 9.17) is 5.26 Å². The van der Waals surface area contributed by atoms with Gasteiger partial charge in [0, 0.05) is 6.07 Å². The van der Waals surface area contributed by atoms with Crippen LogP contribution < -0.4 is 28.5 Å². The molecule has 0 amide bonds. The highest BCUT2D eigenvalue weighted by atomic mass is 127. The van der Waals surface area contributed by atoms with Crippen LogP contribution in [0.3, 0.4) is 0 Å². The number of hydrogen-bond donors (Lipinski definition) is 0. The van der Waals surface area contributed by atoms with Crippen LogP contribution in [-0.4, -0.2) is 0 Å². The van der Waals surface area contributed by atoms with E-state index in [1.54, 1.807) is 12.3 Å². The molecule has 0 radical (unpaired) electrons. The van der Waals surface area contributed by atoms with E-state index in [0.29, 0.717) is 5.56 Å². The minimum atomic E-state index is 0. The van der Waals surface area contributed by atoms with Crippen LogP contribution in [0.15, 0.2) is 24.5 Å². The van der Waals surface area contributed by atoms with Crippen LogP contribution in [0.2, 0.25) is 0 Å². The largest absolute Gasteiger partial charge is 1.00 e. The first-order valence-electron chi connectivity index (χ1n) is 2.68. The van der Waals surface area contributed by atoms with Gasteiger partial charge < -0.3 is 24.0 Å². The fraction of sp³-hybridized carbons (Fsp3) is 0.143. The highest BCUT2D eigenvalue weighted by Gasteiger charge is 1.92. The molecular weight excluding hydrogens is 239 g/mol. The normalized spacial score (nSPS) is 7.60. The first-order valence-corrected chi connectivity index (χ1v) is 2.68. The second-order valence-corrected chi connectivity index (χ2v) is 1.87. The first-order chi connectivity index (χ1) is 4.33. The fourth-order valence-corrected chi connectivity index (χ4v) is 0.654. The van der Waals surface area contributed by atoms with E-state index in [2.05, 4.69) is 0 Å². The van der Waals surface area contributed by atoms with Crippen molar-refractivity contribution in [3.63, 3.8) is 0 Å². The Kier molecular flexibility index (Phi) is 3.96. The predicted molar refractivity (Wildman–Crippen MR) is 32.3 cm³/mol. The smallest absolute Gasteiger partial charge is 0.186 e. The van der Waals surface area contributed by atoms with E-state index in [0.717, 1.165) is 0 Å². The second-order valence-electron chi connectivity index (χ2n) is 1.87. The molecule has 0 N–H and O–H groups in total. The van der Waals surface area contributed by atoms with Crippen LogP contribution in [0.4, 0.5) is 0 Å². The molecule has 2 nitrogen and oxygen atoms in total. The minimum Gasteiger partial charge on any atom is -1.00 e. The molecule has 0 atom stereocenters. The van der Waals surface area contributed by atoms with Crippen molar-refractivity contribution in [1.82, 2.24) is 0 Å². The van der Waals surface area contributed by atoms with Crippen LogP contribution in [0.1, 0.15) is 5.56 Å². The number of nitrogens with zero attached hydrogens (tertiary/aromatic N) is 2. The molecule has 3 heteroatoms. The summed E-state index contributed by atoms with van der Waals surface area (Å²) >= 11 is 0. The molecule has 0 aliphatic heterocycles. The third-order valence-corrected chi connectivity index (χ3v) is 1.07. The number of hydrogen-bond acceptors (Lipinski definition) is 1. The van der Waals surface area contributed by atoms with Crippen LogP contribution in [0, 0.1) is 11.3 Å². The van der Waals surface area contributed by atoms with Gasteiger partial charge in [-0.1, -0.05) is 0 Å². The SMILES string of the molecule is C[n+]1cccc(C#N)c1.[I-]. The summed E-state index contributed by atoms with van der Waals surface area (Å²) < 4.78 is 1.85. The average Bonchev–Trinajstić information content (AvgIpc) is 1.88. The van der Waals surface area contributed by atoms with Gasteiger partial charge in [0.05, 0.1) is 0 Å². The fourth-order valence-electron chi connectivity index (χ4n) is 0.654. The Morgan fingerprint density at radius 1 is 1.60 bits per heavy atom. The van der Waals surface area contributed by atoms with Crippen molar-refractivity contribution in [3.05, 3.63) is 30.1 Å². The maximum Gasteiger partial charge on any atom is 0.186 e. The molecule has 0 spiro atoms.